The van der Waals surface area contributed by atoms with Crippen molar-refractivity contribution >= 4 is 0 Å². The van der Waals surface area contributed by atoms with Crippen LogP contribution in [0.15, 0.2) is 42.5 Å². The number of hydrogen-bond acceptors (Lipinski definition) is 1. The number of rotatable bonds is 1. The zero-order valence-electron chi connectivity index (χ0n) is 9.98. The lowest BCUT2D eigenvalue weighted by Crippen LogP contribution is -2.05. The van der Waals surface area contributed by atoms with E-state index in [1.54, 1.807) is 0 Å². The summed E-state index contributed by atoms with van der Waals surface area (Å²) in [5, 5.41) is 9.62. The molecule has 17 heavy (non-hydrogen) atoms. The number of benzene rings is 2. The molecule has 0 saturated heterocycles. The minimum atomic E-state index is -0.377. The zero-order chi connectivity index (χ0) is 11.8. The lowest BCUT2D eigenvalue weighted by molar-refractivity contribution is 0.199. The quantitative estimate of drug-likeness (QED) is 0.786. The number of hydrogen-bond donors (Lipinski definition) is 1. The molecule has 0 spiro atoms. The summed E-state index contributed by atoms with van der Waals surface area (Å²) in [6, 6.07) is 14.9. The van der Waals surface area contributed by atoms with Crippen LogP contribution in [0.25, 0.3) is 11.1 Å². The maximum absolute atomic E-state index is 9.62. The summed E-state index contributed by atoms with van der Waals surface area (Å²) in [6.45, 7) is 1.82. The second-order valence-corrected chi connectivity index (χ2v) is 4.75. The zero-order valence-corrected chi connectivity index (χ0v) is 9.98. The molecule has 1 nitrogen and oxygen atoms in total. The Hall–Kier alpha value is -1.60. The molecule has 1 aliphatic carbocycles. The average molecular weight is 224 g/mol. The SMILES string of the molecule is CC(O)c1ccc2c(c1)CCc1ccccc1-2. The lowest BCUT2D eigenvalue weighted by atomic mass is 9.84. The Morgan fingerprint density at radius 3 is 2.47 bits per heavy atom. The number of fused-ring (bicyclic) bond motifs is 3. The van der Waals surface area contributed by atoms with Crippen molar-refractivity contribution in [3.63, 3.8) is 0 Å². The normalized spacial score (nSPS) is 14.9. The molecular formula is C16H16O. The Balaban J connectivity index is 2.15. The highest BCUT2D eigenvalue weighted by Crippen LogP contribution is 2.34. The molecule has 0 saturated carbocycles. The number of aliphatic hydroxyl groups is 1. The summed E-state index contributed by atoms with van der Waals surface area (Å²) in [6.07, 6.45) is 1.80. The Bertz CT molecular complexity index is 555. The van der Waals surface area contributed by atoms with Crippen molar-refractivity contribution in [2.75, 3.05) is 0 Å². The first-order valence-electron chi connectivity index (χ1n) is 6.15. The maximum atomic E-state index is 9.62. The van der Waals surface area contributed by atoms with Crippen LogP contribution >= 0.6 is 0 Å². The van der Waals surface area contributed by atoms with Gasteiger partial charge < -0.3 is 5.11 Å². The molecule has 2 aromatic carbocycles. The lowest BCUT2D eigenvalue weighted by Gasteiger charge is -2.21. The molecule has 0 fully saturated rings. The van der Waals surface area contributed by atoms with Gasteiger partial charge in [-0.15, -0.1) is 0 Å². The van der Waals surface area contributed by atoms with E-state index in [0.29, 0.717) is 0 Å². The third kappa shape index (κ3) is 1.77. The molecule has 0 heterocycles. The second-order valence-electron chi connectivity index (χ2n) is 4.75. The van der Waals surface area contributed by atoms with E-state index < -0.39 is 0 Å². The first-order chi connectivity index (χ1) is 8.25. The first kappa shape index (κ1) is 10.5. The van der Waals surface area contributed by atoms with Crippen molar-refractivity contribution in [1.82, 2.24) is 0 Å². The summed E-state index contributed by atoms with van der Waals surface area (Å²) in [4.78, 5) is 0. The third-order valence-corrected chi connectivity index (χ3v) is 3.58. The predicted octanol–water partition coefficient (Wildman–Crippen LogP) is 3.51. The summed E-state index contributed by atoms with van der Waals surface area (Å²) in [5.41, 5.74) is 6.50. The molecule has 1 aliphatic rings. The standard InChI is InChI=1S/C16H16O/c1-11(17)13-8-9-16-14(10-13)7-6-12-4-2-3-5-15(12)16/h2-5,8-11,17H,6-7H2,1H3. The van der Waals surface area contributed by atoms with Gasteiger partial charge >= 0.3 is 0 Å². The van der Waals surface area contributed by atoms with Gasteiger partial charge in [0.15, 0.2) is 0 Å². The summed E-state index contributed by atoms with van der Waals surface area (Å²) >= 11 is 0. The van der Waals surface area contributed by atoms with Crippen LogP contribution < -0.4 is 0 Å². The molecule has 1 unspecified atom stereocenters. The van der Waals surface area contributed by atoms with Crippen LogP contribution in [0.4, 0.5) is 0 Å². The van der Waals surface area contributed by atoms with Crippen molar-refractivity contribution in [3.8, 4) is 11.1 Å². The highest BCUT2D eigenvalue weighted by atomic mass is 16.3. The maximum Gasteiger partial charge on any atom is 0.0762 e. The van der Waals surface area contributed by atoms with Gasteiger partial charge in [-0.05, 0) is 47.6 Å². The second kappa shape index (κ2) is 4.01. The fourth-order valence-corrected chi connectivity index (χ4v) is 2.61. The molecule has 3 rings (SSSR count). The van der Waals surface area contributed by atoms with Gasteiger partial charge in [0, 0.05) is 0 Å². The van der Waals surface area contributed by atoms with Crippen LogP contribution in [0.1, 0.15) is 29.7 Å². The van der Waals surface area contributed by atoms with E-state index in [2.05, 4.69) is 36.4 Å². The Labute approximate surface area is 102 Å². The van der Waals surface area contributed by atoms with Crippen molar-refractivity contribution in [1.29, 1.82) is 0 Å². The molecule has 0 aromatic heterocycles. The highest BCUT2D eigenvalue weighted by Gasteiger charge is 2.16. The molecule has 0 aliphatic heterocycles. The molecule has 0 bridgehead atoms. The van der Waals surface area contributed by atoms with Crippen LogP contribution in [-0.4, -0.2) is 5.11 Å². The molecule has 1 heteroatoms. The Morgan fingerprint density at radius 2 is 1.65 bits per heavy atom. The first-order valence-corrected chi connectivity index (χ1v) is 6.15. The van der Waals surface area contributed by atoms with Crippen molar-refractivity contribution in [2.45, 2.75) is 25.9 Å². The Morgan fingerprint density at radius 1 is 0.941 bits per heavy atom. The molecule has 1 N–H and O–H groups in total. The van der Waals surface area contributed by atoms with E-state index in [4.69, 9.17) is 0 Å². The minimum Gasteiger partial charge on any atom is -0.389 e. The molecule has 1 atom stereocenters. The summed E-state index contributed by atoms with van der Waals surface area (Å²) in [7, 11) is 0. The van der Waals surface area contributed by atoms with Gasteiger partial charge in [0.1, 0.15) is 0 Å². The van der Waals surface area contributed by atoms with Crippen molar-refractivity contribution in [2.24, 2.45) is 0 Å². The van der Waals surface area contributed by atoms with Gasteiger partial charge in [-0.3, -0.25) is 0 Å². The van der Waals surface area contributed by atoms with Crippen molar-refractivity contribution < 1.29 is 5.11 Å². The summed E-state index contributed by atoms with van der Waals surface area (Å²) in [5.74, 6) is 0. The van der Waals surface area contributed by atoms with Gasteiger partial charge in [0.2, 0.25) is 0 Å². The van der Waals surface area contributed by atoms with E-state index in [9.17, 15) is 5.11 Å². The molecular weight excluding hydrogens is 208 g/mol. The Kier molecular flexibility index (Phi) is 2.49. The van der Waals surface area contributed by atoms with E-state index in [1.807, 2.05) is 13.0 Å². The van der Waals surface area contributed by atoms with Crippen LogP contribution in [-0.2, 0) is 12.8 Å². The van der Waals surface area contributed by atoms with Crippen molar-refractivity contribution in [3.05, 3.63) is 59.2 Å². The van der Waals surface area contributed by atoms with Crippen LogP contribution in [0, 0.1) is 0 Å². The van der Waals surface area contributed by atoms with Gasteiger partial charge in [-0.2, -0.15) is 0 Å². The molecule has 0 radical (unpaired) electrons. The fraction of sp³-hybridized carbons (Fsp3) is 0.250. The predicted molar refractivity (Wildman–Crippen MR) is 69.9 cm³/mol. The van der Waals surface area contributed by atoms with Gasteiger partial charge in [-0.1, -0.05) is 42.5 Å². The number of aryl methyl sites for hydroxylation is 2. The largest absolute Gasteiger partial charge is 0.389 e. The molecule has 2 aromatic rings. The van der Waals surface area contributed by atoms with E-state index in [1.165, 1.54) is 22.3 Å². The van der Waals surface area contributed by atoms with Crippen LogP contribution in [0.2, 0.25) is 0 Å². The van der Waals surface area contributed by atoms with Crippen LogP contribution in [0.5, 0.6) is 0 Å². The topological polar surface area (TPSA) is 20.2 Å². The molecule has 86 valence electrons. The van der Waals surface area contributed by atoms with Gasteiger partial charge in [0.25, 0.3) is 0 Å². The smallest absolute Gasteiger partial charge is 0.0762 e. The fourth-order valence-electron chi connectivity index (χ4n) is 2.61. The highest BCUT2D eigenvalue weighted by molar-refractivity contribution is 5.73. The average Bonchev–Trinajstić information content (AvgIpc) is 2.38. The van der Waals surface area contributed by atoms with E-state index in [-0.39, 0.29) is 6.10 Å². The van der Waals surface area contributed by atoms with Gasteiger partial charge in [-0.25, -0.2) is 0 Å². The van der Waals surface area contributed by atoms with E-state index in [0.717, 1.165) is 18.4 Å². The summed E-state index contributed by atoms with van der Waals surface area (Å²) < 4.78 is 0. The van der Waals surface area contributed by atoms with Gasteiger partial charge in [0.05, 0.1) is 6.10 Å². The third-order valence-electron chi connectivity index (χ3n) is 3.58. The van der Waals surface area contributed by atoms with E-state index >= 15 is 0 Å². The number of aliphatic hydroxyl groups excluding tert-OH is 1. The molecule has 0 amide bonds. The monoisotopic (exact) mass is 224 g/mol. The van der Waals surface area contributed by atoms with Crippen LogP contribution in [0.3, 0.4) is 0 Å². The minimum absolute atomic E-state index is 0.377.